The molecule has 25 heavy (non-hydrogen) atoms. The molecule has 128 valence electrons. The first-order valence-corrected chi connectivity index (χ1v) is 9.58. The van der Waals surface area contributed by atoms with Gasteiger partial charge >= 0.3 is 0 Å². The Labute approximate surface area is 154 Å². The summed E-state index contributed by atoms with van der Waals surface area (Å²) in [7, 11) is 0. The first-order chi connectivity index (χ1) is 12.3. The van der Waals surface area contributed by atoms with Gasteiger partial charge in [0, 0.05) is 5.56 Å². The summed E-state index contributed by atoms with van der Waals surface area (Å²) in [6.45, 7) is 2.50. The third-order valence-electron chi connectivity index (χ3n) is 3.21. The minimum atomic E-state index is -0.172. The van der Waals surface area contributed by atoms with Gasteiger partial charge in [-0.05, 0) is 31.2 Å². The van der Waals surface area contributed by atoms with E-state index in [9.17, 15) is 4.79 Å². The van der Waals surface area contributed by atoms with Gasteiger partial charge < -0.3 is 4.74 Å². The van der Waals surface area contributed by atoms with E-state index in [4.69, 9.17) is 4.74 Å². The summed E-state index contributed by atoms with van der Waals surface area (Å²) in [6, 6.07) is 15.5. The number of nitrogens with zero attached hydrogens (tertiary/aromatic N) is 2. The molecule has 2 aromatic carbocycles. The molecule has 5 nitrogen and oxygen atoms in total. The summed E-state index contributed by atoms with van der Waals surface area (Å²) >= 11 is 2.99. The fraction of sp³-hybridized carbons (Fsp3) is 0.167. The summed E-state index contributed by atoms with van der Waals surface area (Å²) in [5.74, 6) is 0.839. The SMILES string of the molecule is CCOc1ccccc1/C=N/NC(=O)CSc1nc2ccccc2s1. The maximum atomic E-state index is 11.9. The molecule has 0 fully saturated rings. The molecule has 0 spiro atoms. The van der Waals surface area contributed by atoms with Crippen LogP contribution in [0.15, 0.2) is 58.0 Å². The summed E-state index contributed by atoms with van der Waals surface area (Å²) < 4.78 is 7.51. The number of amides is 1. The molecule has 0 aliphatic carbocycles. The number of para-hydroxylation sites is 2. The number of carbonyl (C=O) groups excluding carboxylic acids is 1. The van der Waals surface area contributed by atoms with E-state index in [1.54, 1.807) is 17.6 Å². The lowest BCUT2D eigenvalue weighted by molar-refractivity contribution is -0.118. The van der Waals surface area contributed by atoms with Crippen molar-refractivity contribution in [2.24, 2.45) is 5.10 Å². The van der Waals surface area contributed by atoms with Crippen LogP contribution in [0.1, 0.15) is 12.5 Å². The highest BCUT2D eigenvalue weighted by atomic mass is 32.2. The molecule has 0 aliphatic heterocycles. The van der Waals surface area contributed by atoms with Crippen LogP contribution in [0.5, 0.6) is 5.75 Å². The third-order valence-corrected chi connectivity index (χ3v) is 5.39. The lowest BCUT2D eigenvalue weighted by Crippen LogP contribution is -2.19. The fourth-order valence-electron chi connectivity index (χ4n) is 2.12. The molecule has 1 aromatic heterocycles. The molecule has 0 radical (unpaired) electrons. The van der Waals surface area contributed by atoms with Crippen LogP contribution in [0.3, 0.4) is 0 Å². The zero-order valence-corrected chi connectivity index (χ0v) is 15.3. The number of hydrogen-bond acceptors (Lipinski definition) is 6. The maximum absolute atomic E-state index is 11.9. The Morgan fingerprint density at radius 3 is 2.92 bits per heavy atom. The molecule has 3 aromatic rings. The molecule has 0 saturated carbocycles. The zero-order valence-electron chi connectivity index (χ0n) is 13.6. The number of thioether (sulfide) groups is 1. The van der Waals surface area contributed by atoms with Gasteiger partial charge in [-0.3, -0.25) is 4.79 Å². The lowest BCUT2D eigenvalue weighted by atomic mass is 10.2. The molecule has 0 aliphatic rings. The predicted molar refractivity (Wildman–Crippen MR) is 104 cm³/mol. The minimum Gasteiger partial charge on any atom is -0.493 e. The number of carbonyl (C=O) groups is 1. The predicted octanol–water partition coefficient (Wildman–Crippen LogP) is 3.94. The number of hydrazone groups is 1. The van der Waals surface area contributed by atoms with E-state index < -0.39 is 0 Å². The Balaban J connectivity index is 1.52. The molecule has 7 heteroatoms. The number of aromatic nitrogens is 1. The van der Waals surface area contributed by atoms with E-state index in [1.807, 2.05) is 55.5 Å². The highest BCUT2D eigenvalue weighted by Crippen LogP contribution is 2.28. The molecule has 0 saturated heterocycles. The Morgan fingerprint density at radius 1 is 1.28 bits per heavy atom. The molecular formula is C18H17N3O2S2. The maximum Gasteiger partial charge on any atom is 0.250 e. The van der Waals surface area contributed by atoms with E-state index >= 15 is 0 Å². The number of fused-ring (bicyclic) bond motifs is 1. The summed E-state index contributed by atoms with van der Waals surface area (Å²) in [6.07, 6.45) is 1.59. The fourth-order valence-corrected chi connectivity index (χ4v) is 3.98. The van der Waals surface area contributed by atoms with E-state index in [1.165, 1.54) is 11.8 Å². The Morgan fingerprint density at radius 2 is 2.08 bits per heavy atom. The van der Waals surface area contributed by atoms with Crippen molar-refractivity contribution in [1.82, 2.24) is 10.4 Å². The van der Waals surface area contributed by atoms with Crippen molar-refractivity contribution >= 4 is 45.4 Å². The van der Waals surface area contributed by atoms with Gasteiger partial charge in [0.25, 0.3) is 5.91 Å². The highest BCUT2D eigenvalue weighted by Gasteiger charge is 2.07. The van der Waals surface area contributed by atoms with Crippen LogP contribution in [0.4, 0.5) is 0 Å². The molecular weight excluding hydrogens is 354 g/mol. The molecule has 0 unspecified atom stereocenters. The van der Waals surface area contributed by atoms with Crippen molar-refractivity contribution in [2.75, 3.05) is 12.4 Å². The number of thiazole rings is 1. The molecule has 1 N–H and O–H groups in total. The van der Waals surface area contributed by atoms with E-state index in [0.717, 1.165) is 25.9 Å². The largest absolute Gasteiger partial charge is 0.493 e. The van der Waals surface area contributed by atoms with Crippen LogP contribution < -0.4 is 10.2 Å². The van der Waals surface area contributed by atoms with Gasteiger partial charge in [-0.2, -0.15) is 5.10 Å². The minimum absolute atomic E-state index is 0.172. The number of hydrogen-bond donors (Lipinski definition) is 1. The monoisotopic (exact) mass is 371 g/mol. The van der Waals surface area contributed by atoms with Crippen molar-refractivity contribution in [3.8, 4) is 5.75 Å². The second-order valence-electron chi connectivity index (χ2n) is 5.00. The normalized spacial score (nSPS) is 11.1. The smallest absolute Gasteiger partial charge is 0.250 e. The number of ether oxygens (including phenoxy) is 1. The molecule has 0 atom stereocenters. The second-order valence-corrected chi connectivity index (χ2v) is 7.25. The Kier molecular flexibility index (Phi) is 6.03. The second kappa shape index (κ2) is 8.64. The average molecular weight is 371 g/mol. The van der Waals surface area contributed by atoms with Crippen molar-refractivity contribution < 1.29 is 9.53 Å². The Hall–Kier alpha value is -2.38. The zero-order chi connectivity index (χ0) is 17.5. The number of benzene rings is 2. The van der Waals surface area contributed by atoms with Crippen LogP contribution >= 0.6 is 23.1 Å². The van der Waals surface area contributed by atoms with Crippen LogP contribution in [-0.2, 0) is 4.79 Å². The molecule has 1 amide bonds. The van der Waals surface area contributed by atoms with Gasteiger partial charge in [0.05, 0.1) is 28.8 Å². The van der Waals surface area contributed by atoms with Crippen LogP contribution in [0.2, 0.25) is 0 Å². The molecule has 1 heterocycles. The summed E-state index contributed by atoms with van der Waals surface area (Å²) in [5.41, 5.74) is 4.32. The number of nitrogens with one attached hydrogen (secondary N) is 1. The first kappa shape index (κ1) is 17.4. The van der Waals surface area contributed by atoms with Crippen LogP contribution in [0, 0.1) is 0 Å². The third kappa shape index (κ3) is 4.80. The van der Waals surface area contributed by atoms with Gasteiger partial charge in [0.1, 0.15) is 5.75 Å². The van der Waals surface area contributed by atoms with Crippen molar-refractivity contribution in [3.05, 3.63) is 54.1 Å². The van der Waals surface area contributed by atoms with Crippen LogP contribution in [0.25, 0.3) is 10.2 Å². The summed E-state index contributed by atoms with van der Waals surface area (Å²) in [4.78, 5) is 16.4. The van der Waals surface area contributed by atoms with Crippen molar-refractivity contribution in [2.45, 2.75) is 11.3 Å². The topological polar surface area (TPSA) is 63.6 Å². The lowest BCUT2D eigenvalue weighted by Gasteiger charge is -2.05. The van der Waals surface area contributed by atoms with Gasteiger partial charge in [-0.25, -0.2) is 10.4 Å². The van der Waals surface area contributed by atoms with Gasteiger partial charge in [-0.1, -0.05) is 36.0 Å². The van der Waals surface area contributed by atoms with Crippen LogP contribution in [-0.4, -0.2) is 29.5 Å². The summed E-state index contributed by atoms with van der Waals surface area (Å²) in [5, 5.41) is 4.00. The molecule has 3 rings (SSSR count). The highest BCUT2D eigenvalue weighted by molar-refractivity contribution is 8.01. The van der Waals surface area contributed by atoms with Crippen molar-refractivity contribution in [3.63, 3.8) is 0 Å². The quantitative estimate of drug-likeness (QED) is 0.388. The van der Waals surface area contributed by atoms with E-state index in [-0.39, 0.29) is 11.7 Å². The first-order valence-electron chi connectivity index (χ1n) is 7.78. The Bertz CT molecular complexity index is 860. The average Bonchev–Trinajstić information content (AvgIpc) is 3.05. The van der Waals surface area contributed by atoms with Gasteiger partial charge in [-0.15, -0.1) is 11.3 Å². The van der Waals surface area contributed by atoms with Gasteiger partial charge in [0.2, 0.25) is 0 Å². The van der Waals surface area contributed by atoms with E-state index in [2.05, 4.69) is 15.5 Å². The number of rotatable bonds is 7. The standard InChI is InChI=1S/C18H17N3O2S2/c1-2-23-15-9-5-3-7-13(15)11-19-21-17(22)12-24-18-20-14-8-4-6-10-16(14)25-18/h3-11H,2,12H2,1H3,(H,21,22)/b19-11+. The van der Waals surface area contributed by atoms with Gasteiger partial charge in [0.15, 0.2) is 4.34 Å². The molecule has 0 bridgehead atoms. The van der Waals surface area contributed by atoms with Crippen molar-refractivity contribution in [1.29, 1.82) is 0 Å². The van der Waals surface area contributed by atoms with E-state index in [0.29, 0.717) is 6.61 Å².